The van der Waals surface area contributed by atoms with Crippen LogP contribution in [0.4, 0.5) is 5.69 Å². The minimum Gasteiger partial charge on any atom is -0.451 e. The van der Waals surface area contributed by atoms with Gasteiger partial charge in [0.1, 0.15) is 5.65 Å². The lowest BCUT2D eigenvalue weighted by Crippen LogP contribution is -2.28. The highest BCUT2D eigenvalue weighted by Crippen LogP contribution is 2.18. The quantitative estimate of drug-likeness (QED) is 0.410. The number of fused-ring (bicyclic) bond motifs is 1. The first-order valence-electron chi connectivity index (χ1n) is 10.8. The highest BCUT2D eigenvalue weighted by atomic mass is 16.5. The number of rotatable bonds is 7. The average Bonchev–Trinajstić information content (AvgIpc) is 3.29. The number of benzene rings is 2. The molecule has 0 spiro atoms. The predicted octanol–water partition coefficient (Wildman–Crippen LogP) is 3.93. The van der Waals surface area contributed by atoms with Gasteiger partial charge in [0.15, 0.2) is 12.3 Å². The van der Waals surface area contributed by atoms with Gasteiger partial charge in [-0.05, 0) is 43.7 Å². The molecular weight excluding hydrogens is 432 g/mol. The van der Waals surface area contributed by atoms with Crippen LogP contribution in [0.2, 0.25) is 0 Å². The number of hydrogen-bond acceptors (Lipinski definition) is 5. The molecule has 34 heavy (non-hydrogen) atoms. The van der Waals surface area contributed by atoms with Crippen molar-refractivity contribution in [1.29, 1.82) is 0 Å². The molecule has 1 unspecified atom stereocenters. The molecule has 8 nitrogen and oxygen atoms in total. The van der Waals surface area contributed by atoms with Crippen molar-refractivity contribution in [3.8, 4) is 0 Å². The van der Waals surface area contributed by atoms with Crippen LogP contribution in [0.3, 0.4) is 0 Å². The fraction of sp³-hybridized carbons (Fsp3) is 0.154. The standard InChI is InChI=1S/C26H24N4O4/c1-17-9-8-14-23-28-22(15-30(17)23)26(33)34-16-24(31)29-21-13-7-6-12-20(21)25(32)27-18(2)19-10-4-3-5-11-19/h3-15,18H,16H2,1-2H3,(H,27,32)(H,29,31). The van der Waals surface area contributed by atoms with Gasteiger partial charge < -0.3 is 19.8 Å². The van der Waals surface area contributed by atoms with Gasteiger partial charge in [-0.3, -0.25) is 9.59 Å². The third-order valence-electron chi connectivity index (χ3n) is 5.33. The molecule has 172 valence electrons. The van der Waals surface area contributed by atoms with E-state index in [0.29, 0.717) is 16.9 Å². The van der Waals surface area contributed by atoms with Crippen LogP contribution in [0, 0.1) is 6.92 Å². The molecule has 4 aromatic rings. The Bertz CT molecular complexity index is 1350. The zero-order chi connectivity index (χ0) is 24.1. The zero-order valence-electron chi connectivity index (χ0n) is 18.8. The largest absolute Gasteiger partial charge is 0.451 e. The van der Waals surface area contributed by atoms with Gasteiger partial charge in [0.05, 0.1) is 17.3 Å². The SMILES string of the molecule is Cc1cccc2nc(C(=O)OCC(=O)Nc3ccccc3C(=O)NC(C)c3ccccc3)cn12. The number of nitrogens with one attached hydrogen (secondary N) is 2. The van der Waals surface area contributed by atoms with Crippen molar-refractivity contribution in [3.05, 3.63) is 102 Å². The summed E-state index contributed by atoms with van der Waals surface area (Å²) < 4.78 is 6.89. The fourth-order valence-corrected chi connectivity index (χ4v) is 3.53. The van der Waals surface area contributed by atoms with Crippen molar-refractivity contribution in [2.24, 2.45) is 0 Å². The first-order chi connectivity index (χ1) is 16.4. The molecule has 0 aliphatic rings. The van der Waals surface area contributed by atoms with E-state index in [1.54, 1.807) is 40.9 Å². The van der Waals surface area contributed by atoms with Crippen LogP contribution in [0.25, 0.3) is 5.65 Å². The minimum absolute atomic E-state index is 0.108. The number of aryl methyl sites for hydroxylation is 1. The predicted molar refractivity (Wildman–Crippen MR) is 128 cm³/mol. The van der Waals surface area contributed by atoms with Gasteiger partial charge in [-0.1, -0.05) is 48.5 Å². The number of pyridine rings is 1. The first kappa shape index (κ1) is 22.7. The second kappa shape index (κ2) is 9.99. The Morgan fingerprint density at radius 2 is 1.71 bits per heavy atom. The van der Waals surface area contributed by atoms with Crippen molar-refractivity contribution >= 4 is 29.1 Å². The zero-order valence-corrected chi connectivity index (χ0v) is 18.8. The maximum Gasteiger partial charge on any atom is 0.359 e. The van der Waals surface area contributed by atoms with Crippen LogP contribution in [-0.2, 0) is 9.53 Å². The molecule has 8 heteroatoms. The maximum absolute atomic E-state index is 12.8. The number of carbonyl (C=O) groups excluding carboxylic acids is 3. The molecule has 0 aliphatic carbocycles. The average molecular weight is 457 g/mol. The summed E-state index contributed by atoms with van der Waals surface area (Å²) >= 11 is 0. The molecule has 2 heterocycles. The van der Waals surface area contributed by atoms with E-state index in [-0.39, 0.29) is 17.6 Å². The molecule has 0 saturated carbocycles. The summed E-state index contributed by atoms with van der Waals surface area (Å²) in [7, 11) is 0. The molecular formula is C26H24N4O4. The van der Waals surface area contributed by atoms with Crippen LogP contribution >= 0.6 is 0 Å². The summed E-state index contributed by atoms with van der Waals surface area (Å²) in [5.74, 6) is -1.60. The van der Waals surface area contributed by atoms with E-state index in [0.717, 1.165) is 11.3 Å². The Kier molecular flexibility index (Phi) is 6.68. The molecule has 0 bridgehead atoms. The molecule has 2 aromatic heterocycles. The number of esters is 1. The van der Waals surface area contributed by atoms with E-state index in [4.69, 9.17) is 4.74 Å². The summed E-state index contributed by atoms with van der Waals surface area (Å²) in [5, 5.41) is 5.57. The number of nitrogens with zero attached hydrogens (tertiary/aromatic N) is 2. The maximum atomic E-state index is 12.8. The smallest absolute Gasteiger partial charge is 0.359 e. The van der Waals surface area contributed by atoms with Crippen molar-refractivity contribution in [2.75, 3.05) is 11.9 Å². The van der Waals surface area contributed by atoms with Gasteiger partial charge in [-0.15, -0.1) is 0 Å². The van der Waals surface area contributed by atoms with Gasteiger partial charge in [0.2, 0.25) is 0 Å². The topological polar surface area (TPSA) is 102 Å². The van der Waals surface area contributed by atoms with Crippen molar-refractivity contribution in [1.82, 2.24) is 14.7 Å². The number of ether oxygens (including phenoxy) is 1. The van der Waals surface area contributed by atoms with Crippen molar-refractivity contribution < 1.29 is 19.1 Å². The Labute approximate surface area is 196 Å². The Balaban J connectivity index is 1.38. The van der Waals surface area contributed by atoms with E-state index in [1.165, 1.54) is 0 Å². The second-order valence-electron chi connectivity index (χ2n) is 7.80. The molecule has 0 aliphatic heterocycles. The van der Waals surface area contributed by atoms with Gasteiger partial charge in [0, 0.05) is 11.9 Å². The molecule has 0 radical (unpaired) electrons. The number of imidazole rings is 1. The molecule has 0 saturated heterocycles. The molecule has 4 rings (SSSR count). The lowest BCUT2D eigenvalue weighted by molar-refractivity contribution is -0.119. The summed E-state index contributed by atoms with van der Waals surface area (Å²) in [6.07, 6.45) is 1.57. The third kappa shape index (κ3) is 5.12. The molecule has 2 amide bonds. The van der Waals surface area contributed by atoms with Gasteiger partial charge >= 0.3 is 5.97 Å². The van der Waals surface area contributed by atoms with Crippen molar-refractivity contribution in [3.63, 3.8) is 0 Å². The van der Waals surface area contributed by atoms with Gasteiger partial charge in [-0.2, -0.15) is 0 Å². The minimum atomic E-state index is -0.707. The Hall–Kier alpha value is -4.46. The van der Waals surface area contributed by atoms with E-state index < -0.39 is 18.5 Å². The number of carbonyl (C=O) groups is 3. The van der Waals surface area contributed by atoms with Crippen LogP contribution in [-0.4, -0.2) is 33.8 Å². The summed E-state index contributed by atoms with van der Waals surface area (Å²) in [4.78, 5) is 41.9. The Morgan fingerprint density at radius 3 is 2.47 bits per heavy atom. The number of para-hydroxylation sites is 1. The molecule has 2 N–H and O–H groups in total. The van der Waals surface area contributed by atoms with E-state index in [1.807, 2.05) is 56.3 Å². The monoisotopic (exact) mass is 456 g/mol. The first-order valence-corrected chi connectivity index (χ1v) is 10.8. The molecule has 0 fully saturated rings. The van der Waals surface area contributed by atoms with Crippen LogP contribution in [0.5, 0.6) is 0 Å². The van der Waals surface area contributed by atoms with Gasteiger partial charge in [-0.25, -0.2) is 9.78 Å². The van der Waals surface area contributed by atoms with Crippen LogP contribution in [0.15, 0.2) is 79.0 Å². The normalized spacial score (nSPS) is 11.6. The van der Waals surface area contributed by atoms with Crippen LogP contribution < -0.4 is 10.6 Å². The second-order valence-corrected chi connectivity index (χ2v) is 7.80. The van der Waals surface area contributed by atoms with E-state index in [9.17, 15) is 14.4 Å². The van der Waals surface area contributed by atoms with Gasteiger partial charge in [0.25, 0.3) is 11.8 Å². The Morgan fingerprint density at radius 1 is 0.971 bits per heavy atom. The lowest BCUT2D eigenvalue weighted by atomic mass is 10.1. The van der Waals surface area contributed by atoms with Crippen LogP contribution in [0.1, 0.15) is 45.1 Å². The summed E-state index contributed by atoms with van der Waals surface area (Å²) in [6, 6.07) is 21.5. The lowest BCUT2D eigenvalue weighted by Gasteiger charge is -2.16. The van der Waals surface area contributed by atoms with E-state index in [2.05, 4.69) is 15.6 Å². The van der Waals surface area contributed by atoms with Crippen molar-refractivity contribution in [2.45, 2.75) is 19.9 Å². The third-order valence-corrected chi connectivity index (χ3v) is 5.33. The number of aromatic nitrogens is 2. The molecule has 1 atom stereocenters. The molecule has 2 aromatic carbocycles. The summed E-state index contributed by atoms with van der Waals surface area (Å²) in [6.45, 7) is 3.27. The van der Waals surface area contributed by atoms with E-state index >= 15 is 0 Å². The highest BCUT2D eigenvalue weighted by Gasteiger charge is 2.18. The number of hydrogen-bond donors (Lipinski definition) is 2. The number of anilines is 1. The number of amides is 2. The summed E-state index contributed by atoms with van der Waals surface area (Å²) in [5.41, 5.74) is 3.23. The highest BCUT2D eigenvalue weighted by molar-refractivity contribution is 6.04. The fourth-order valence-electron chi connectivity index (χ4n) is 3.53.